The van der Waals surface area contributed by atoms with Gasteiger partial charge in [0.1, 0.15) is 17.7 Å². The number of aromatic nitrogens is 4. The Morgan fingerprint density at radius 2 is 1.22 bits per heavy atom. The van der Waals surface area contributed by atoms with Crippen LogP contribution in [0.2, 0.25) is 0 Å². The molecule has 1 amide bonds. The summed E-state index contributed by atoms with van der Waals surface area (Å²) in [7, 11) is 8.03. The third-order valence-corrected chi connectivity index (χ3v) is 11.3. The first-order chi connectivity index (χ1) is 25.4. The van der Waals surface area contributed by atoms with Crippen LogP contribution < -0.4 is 5.32 Å². The van der Waals surface area contributed by atoms with Crippen LogP contribution >= 0.6 is 0 Å². The zero-order chi connectivity index (χ0) is 39.1. The fraction of sp³-hybridized carbons (Fsp3) is 0.535. The molecule has 2 aromatic heterocycles. The highest BCUT2D eigenvalue weighted by Gasteiger charge is 2.59. The van der Waals surface area contributed by atoms with Crippen molar-refractivity contribution in [3.63, 3.8) is 0 Å². The number of amides is 1. The first-order valence-electron chi connectivity index (χ1n) is 19.3. The summed E-state index contributed by atoms with van der Waals surface area (Å²) in [4.78, 5) is 39.8. The van der Waals surface area contributed by atoms with E-state index in [-0.39, 0.29) is 28.8 Å². The van der Waals surface area contributed by atoms with Crippen molar-refractivity contribution < 1.29 is 14.6 Å². The largest absolute Gasteiger partial charge is 0.389 e. The number of ether oxygens (including phenoxy) is 1. The SMILES string of the molecule is CN(C)C(=N[C@H](c1ncc(-c2ccc(-c3ccc(-c4cnc([C@@H](NC(=O)C5(C6(O)CCOCC6)CCC5)C(C)(C)C)[nH]4)cc3)cc2)[nH]1)C(C)(C)C)N(C)C. The van der Waals surface area contributed by atoms with Gasteiger partial charge in [0.05, 0.1) is 40.8 Å². The Morgan fingerprint density at radius 1 is 0.759 bits per heavy atom. The molecule has 1 aliphatic carbocycles. The molecule has 1 aliphatic heterocycles. The van der Waals surface area contributed by atoms with Crippen LogP contribution in [-0.2, 0) is 9.53 Å². The normalized spacial score (nSPS) is 17.9. The number of hydrogen-bond acceptors (Lipinski definition) is 6. The minimum Gasteiger partial charge on any atom is -0.389 e. The molecule has 1 saturated heterocycles. The van der Waals surface area contributed by atoms with Crippen molar-refractivity contribution in [2.75, 3.05) is 41.4 Å². The van der Waals surface area contributed by atoms with Crippen LogP contribution in [0.5, 0.6) is 0 Å². The molecular formula is C43H60N8O3. The first kappa shape index (κ1) is 39.2. The van der Waals surface area contributed by atoms with E-state index in [9.17, 15) is 9.90 Å². The molecule has 4 N–H and O–H groups in total. The highest BCUT2D eigenvalue weighted by atomic mass is 16.5. The summed E-state index contributed by atoms with van der Waals surface area (Å²) in [5.41, 5.74) is 3.84. The van der Waals surface area contributed by atoms with E-state index >= 15 is 0 Å². The number of imidazole rings is 2. The number of aliphatic hydroxyl groups is 1. The molecule has 0 bridgehead atoms. The summed E-state index contributed by atoms with van der Waals surface area (Å²) in [6, 6.07) is 16.4. The van der Waals surface area contributed by atoms with E-state index in [1.165, 1.54) is 0 Å². The number of hydrogen-bond donors (Lipinski definition) is 4. The van der Waals surface area contributed by atoms with Crippen LogP contribution in [0.4, 0.5) is 0 Å². The second-order valence-electron chi connectivity index (χ2n) is 17.9. The van der Waals surface area contributed by atoms with Gasteiger partial charge in [0.2, 0.25) is 5.91 Å². The van der Waals surface area contributed by atoms with E-state index in [4.69, 9.17) is 19.7 Å². The average molecular weight is 737 g/mol. The monoisotopic (exact) mass is 736 g/mol. The predicted molar refractivity (Wildman–Crippen MR) is 216 cm³/mol. The van der Waals surface area contributed by atoms with Gasteiger partial charge in [0.25, 0.3) is 0 Å². The van der Waals surface area contributed by atoms with E-state index in [0.717, 1.165) is 51.8 Å². The molecule has 11 heteroatoms. The minimum atomic E-state index is -1.04. The second kappa shape index (κ2) is 15.0. The van der Waals surface area contributed by atoms with Gasteiger partial charge in [-0.15, -0.1) is 0 Å². The van der Waals surface area contributed by atoms with Crippen molar-refractivity contribution in [2.45, 2.75) is 91.3 Å². The lowest BCUT2D eigenvalue weighted by Gasteiger charge is -2.53. The highest BCUT2D eigenvalue weighted by Crippen LogP contribution is 2.54. The van der Waals surface area contributed by atoms with Crippen molar-refractivity contribution in [3.8, 4) is 33.6 Å². The van der Waals surface area contributed by atoms with Crippen LogP contribution in [0.1, 0.15) is 97.4 Å². The first-order valence-corrected chi connectivity index (χ1v) is 19.3. The Hall–Kier alpha value is -4.48. The summed E-state index contributed by atoms with van der Waals surface area (Å²) in [5.74, 6) is 2.35. The molecule has 54 heavy (non-hydrogen) atoms. The van der Waals surface area contributed by atoms with Gasteiger partial charge >= 0.3 is 0 Å². The van der Waals surface area contributed by atoms with Gasteiger partial charge in [-0.2, -0.15) is 0 Å². The van der Waals surface area contributed by atoms with Crippen molar-refractivity contribution in [1.82, 2.24) is 35.1 Å². The zero-order valence-corrected chi connectivity index (χ0v) is 33.9. The number of guanidine groups is 1. The molecule has 4 aromatic rings. The number of carbonyl (C=O) groups is 1. The molecule has 6 rings (SSSR count). The molecule has 2 atom stereocenters. The van der Waals surface area contributed by atoms with Crippen molar-refractivity contribution in [3.05, 3.63) is 72.6 Å². The number of carbonyl (C=O) groups excluding carboxylic acids is 1. The topological polar surface area (TPSA) is 135 Å². The molecule has 0 spiro atoms. The van der Waals surface area contributed by atoms with Crippen molar-refractivity contribution in [1.29, 1.82) is 0 Å². The summed E-state index contributed by atoms with van der Waals surface area (Å²) >= 11 is 0. The molecule has 2 fully saturated rings. The molecular weight excluding hydrogens is 677 g/mol. The maximum atomic E-state index is 14.0. The summed E-state index contributed by atoms with van der Waals surface area (Å²) < 4.78 is 5.53. The van der Waals surface area contributed by atoms with Crippen LogP contribution in [0, 0.1) is 16.2 Å². The van der Waals surface area contributed by atoms with Crippen molar-refractivity contribution in [2.24, 2.45) is 21.2 Å². The second-order valence-corrected chi connectivity index (χ2v) is 17.9. The molecule has 3 heterocycles. The van der Waals surface area contributed by atoms with Gasteiger partial charge < -0.3 is 34.9 Å². The maximum Gasteiger partial charge on any atom is 0.229 e. The molecule has 0 radical (unpaired) electrons. The summed E-state index contributed by atoms with van der Waals surface area (Å²) in [6.45, 7) is 13.8. The van der Waals surface area contributed by atoms with E-state index in [1.54, 1.807) is 0 Å². The van der Waals surface area contributed by atoms with E-state index in [2.05, 4.69) is 105 Å². The Kier molecular flexibility index (Phi) is 10.9. The van der Waals surface area contributed by atoms with Gasteiger partial charge in [-0.25, -0.2) is 15.0 Å². The third kappa shape index (κ3) is 7.84. The van der Waals surface area contributed by atoms with Crippen LogP contribution in [0.15, 0.2) is 65.9 Å². The number of rotatable bonds is 9. The van der Waals surface area contributed by atoms with Crippen LogP contribution in [0.25, 0.3) is 33.6 Å². The molecule has 0 unspecified atom stereocenters. The lowest BCUT2D eigenvalue weighted by molar-refractivity contribution is -0.187. The Labute approximate surface area is 321 Å². The third-order valence-electron chi connectivity index (χ3n) is 11.3. The van der Waals surface area contributed by atoms with Crippen LogP contribution in [0.3, 0.4) is 0 Å². The highest BCUT2D eigenvalue weighted by molar-refractivity contribution is 5.85. The number of H-pyrrole nitrogens is 2. The fourth-order valence-corrected chi connectivity index (χ4v) is 7.93. The van der Waals surface area contributed by atoms with Gasteiger partial charge in [-0.3, -0.25) is 4.79 Å². The lowest BCUT2D eigenvalue weighted by atomic mass is 9.55. The van der Waals surface area contributed by atoms with E-state index < -0.39 is 11.0 Å². The minimum absolute atomic E-state index is 0.0822. The standard InChI is InChI=1S/C43H60N8O3/c1-40(2,3)34(48-38(52)42(20-11-21-42)43(53)22-24-54-25-23-43)36-44-26-32(46-36)30-16-12-28(13-17-30)29-14-18-31(19-15-29)33-27-45-37(47-33)35(41(4,5)6)49-39(50(7)8)51(9)10/h12-19,26-27,34-35,53H,11,20-25H2,1-10H3,(H,44,46)(H,45,47)(H,48,52)/t34-,35-/m1/s1. The summed E-state index contributed by atoms with van der Waals surface area (Å²) in [6.07, 6.45) is 7.03. The molecule has 1 saturated carbocycles. The number of nitrogens with one attached hydrogen (secondary N) is 3. The lowest BCUT2D eigenvalue weighted by Crippen LogP contribution is -2.63. The molecule has 2 aliphatic rings. The Morgan fingerprint density at radius 3 is 1.65 bits per heavy atom. The number of nitrogens with zero attached hydrogens (tertiary/aromatic N) is 5. The van der Waals surface area contributed by atoms with Crippen molar-refractivity contribution >= 4 is 11.9 Å². The smallest absolute Gasteiger partial charge is 0.229 e. The quantitative estimate of drug-likeness (QED) is 0.103. The Bertz CT molecular complexity index is 1910. The van der Waals surface area contributed by atoms with E-state index in [1.807, 2.05) is 50.4 Å². The number of aromatic amines is 2. The van der Waals surface area contributed by atoms with Gasteiger partial charge in [-0.05, 0) is 45.9 Å². The zero-order valence-electron chi connectivity index (χ0n) is 33.9. The number of benzene rings is 2. The fourth-order valence-electron chi connectivity index (χ4n) is 7.93. The molecule has 2 aromatic carbocycles. The number of aliphatic imine (C=N–C) groups is 1. The van der Waals surface area contributed by atoms with Gasteiger partial charge in [-0.1, -0.05) is 96.5 Å². The summed E-state index contributed by atoms with van der Waals surface area (Å²) in [5, 5.41) is 15.0. The van der Waals surface area contributed by atoms with E-state index in [0.29, 0.717) is 44.7 Å². The molecule has 290 valence electrons. The van der Waals surface area contributed by atoms with Gasteiger partial charge in [0, 0.05) is 54.2 Å². The maximum absolute atomic E-state index is 14.0. The molecule has 11 nitrogen and oxygen atoms in total. The van der Waals surface area contributed by atoms with Crippen LogP contribution in [-0.4, -0.2) is 93.7 Å². The van der Waals surface area contributed by atoms with Gasteiger partial charge in [0.15, 0.2) is 5.96 Å². The predicted octanol–water partition coefficient (Wildman–Crippen LogP) is 7.62. The Balaban J connectivity index is 1.16. The average Bonchev–Trinajstić information content (AvgIpc) is 3.77.